The van der Waals surface area contributed by atoms with Gasteiger partial charge in [-0.05, 0) is 43.7 Å². The van der Waals surface area contributed by atoms with Crippen molar-refractivity contribution in [3.8, 4) is 5.75 Å². The van der Waals surface area contributed by atoms with Gasteiger partial charge < -0.3 is 15.0 Å². The van der Waals surface area contributed by atoms with Crippen LogP contribution in [0.5, 0.6) is 5.75 Å². The first-order valence-corrected chi connectivity index (χ1v) is 10.9. The summed E-state index contributed by atoms with van der Waals surface area (Å²) in [7, 11) is 1.67. The van der Waals surface area contributed by atoms with Gasteiger partial charge >= 0.3 is 0 Å². The van der Waals surface area contributed by atoms with E-state index in [0.29, 0.717) is 18.5 Å². The fraction of sp³-hybridized carbons (Fsp3) is 0.409. The van der Waals surface area contributed by atoms with Gasteiger partial charge in [-0.25, -0.2) is 9.97 Å². The van der Waals surface area contributed by atoms with Crippen molar-refractivity contribution in [2.75, 3.05) is 19.0 Å². The summed E-state index contributed by atoms with van der Waals surface area (Å²) < 4.78 is 5.44. The molecule has 1 N–H and O–H groups in total. The molecule has 2 atom stereocenters. The number of carbonyl (C=O) groups excluding carboxylic acids is 1. The molecule has 1 aliphatic carbocycles. The summed E-state index contributed by atoms with van der Waals surface area (Å²) in [5.74, 6) is 2.45. The number of aryl methyl sites for hydroxylation is 1. The van der Waals surface area contributed by atoms with Crippen molar-refractivity contribution in [1.82, 2.24) is 14.9 Å². The molecule has 6 nitrogen and oxygen atoms in total. The second kappa shape index (κ2) is 7.30. The van der Waals surface area contributed by atoms with Crippen LogP contribution in [0.2, 0.25) is 0 Å². The van der Waals surface area contributed by atoms with Crippen LogP contribution in [0, 0.1) is 12.8 Å². The van der Waals surface area contributed by atoms with Crippen LogP contribution < -0.4 is 10.1 Å². The summed E-state index contributed by atoms with van der Waals surface area (Å²) >= 11 is 1.48. The molecule has 3 heterocycles. The fourth-order valence-corrected chi connectivity index (χ4v) is 5.85. The van der Waals surface area contributed by atoms with Crippen LogP contribution in [0.15, 0.2) is 30.6 Å². The highest BCUT2D eigenvalue weighted by Gasteiger charge is 2.41. The van der Waals surface area contributed by atoms with E-state index in [1.165, 1.54) is 24.2 Å². The van der Waals surface area contributed by atoms with Crippen molar-refractivity contribution >= 4 is 33.3 Å². The van der Waals surface area contributed by atoms with Gasteiger partial charge in [0.25, 0.3) is 5.91 Å². The molecule has 1 saturated heterocycles. The number of rotatable bonds is 5. The van der Waals surface area contributed by atoms with E-state index in [-0.39, 0.29) is 5.91 Å². The zero-order chi connectivity index (χ0) is 20.0. The molecule has 1 amide bonds. The molecule has 1 aromatic carbocycles. The number of nitrogens with one attached hydrogen (secondary N) is 1. The first-order chi connectivity index (χ1) is 14.2. The number of carbonyl (C=O) groups is 1. The molecule has 3 aromatic rings. The Balaban J connectivity index is 1.44. The second-order valence-corrected chi connectivity index (χ2v) is 8.91. The first kappa shape index (κ1) is 18.4. The molecule has 0 spiro atoms. The minimum Gasteiger partial charge on any atom is -0.496 e. The van der Waals surface area contributed by atoms with E-state index >= 15 is 0 Å². The third-order valence-electron chi connectivity index (χ3n) is 6.23. The van der Waals surface area contributed by atoms with Crippen LogP contribution in [0.1, 0.15) is 40.1 Å². The normalized spacial score (nSPS) is 20.4. The monoisotopic (exact) mass is 408 g/mol. The molecule has 2 aliphatic rings. The van der Waals surface area contributed by atoms with E-state index in [2.05, 4.69) is 20.2 Å². The Morgan fingerprint density at radius 3 is 2.93 bits per heavy atom. The van der Waals surface area contributed by atoms with E-state index in [1.54, 1.807) is 13.4 Å². The van der Waals surface area contributed by atoms with Crippen molar-refractivity contribution < 1.29 is 9.53 Å². The molecule has 2 aromatic heterocycles. The molecule has 1 saturated carbocycles. The summed E-state index contributed by atoms with van der Waals surface area (Å²) in [6.45, 7) is 3.50. The topological polar surface area (TPSA) is 67.3 Å². The largest absolute Gasteiger partial charge is 0.496 e. The molecule has 29 heavy (non-hydrogen) atoms. The maximum absolute atomic E-state index is 13.3. The first-order valence-electron chi connectivity index (χ1n) is 10.1. The number of benzene rings is 1. The number of thiophene rings is 1. The van der Waals surface area contributed by atoms with Crippen LogP contribution in [0.25, 0.3) is 10.2 Å². The van der Waals surface area contributed by atoms with Gasteiger partial charge in [0.05, 0.1) is 17.4 Å². The molecule has 2 bridgehead atoms. The third-order valence-corrected chi connectivity index (χ3v) is 7.42. The van der Waals surface area contributed by atoms with Crippen molar-refractivity contribution in [1.29, 1.82) is 0 Å². The number of amides is 1. The lowest BCUT2D eigenvalue weighted by Gasteiger charge is -2.26. The van der Waals surface area contributed by atoms with Gasteiger partial charge in [0.2, 0.25) is 0 Å². The van der Waals surface area contributed by atoms with Gasteiger partial charge in [0, 0.05) is 24.7 Å². The highest BCUT2D eigenvalue weighted by molar-refractivity contribution is 7.20. The number of nitrogens with zero attached hydrogens (tertiary/aromatic N) is 3. The smallest absolute Gasteiger partial charge is 0.264 e. The molecule has 2 fully saturated rings. The SMILES string of the molecule is COc1ccccc1CNc1ncnc2sc(C(=O)N3CC4CCC3C4)c(C)c12. The quantitative estimate of drug-likeness (QED) is 0.684. The number of hydrogen-bond donors (Lipinski definition) is 1. The number of likely N-dealkylation sites (tertiary alicyclic amines) is 1. The Hall–Kier alpha value is -2.67. The zero-order valence-corrected chi connectivity index (χ0v) is 17.5. The van der Waals surface area contributed by atoms with E-state index < -0.39 is 0 Å². The molecule has 5 rings (SSSR count). The van der Waals surface area contributed by atoms with Crippen LogP contribution in [0.4, 0.5) is 5.82 Å². The van der Waals surface area contributed by atoms with Crippen LogP contribution >= 0.6 is 11.3 Å². The Morgan fingerprint density at radius 1 is 1.31 bits per heavy atom. The lowest BCUT2D eigenvalue weighted by molar-refractivity contribution is 0.0708. The van der Waals surface area contributed by atoms with Crippen LogP contribution in [0.3, 0.4) is 0 Å². The summed E-state index contributed by atoms with van der Waals surface area (Å²) in [6.07, 6.45) is 5.14. The number of fused-ring (bicyclic) bond motifs is 3. The minimum absolute atomic E-state index is 0.161. The van der Waals surface area contributed by atoms with Gasteiger partial charge in [-0.2, -0.15) is 0 Å². The Bertz CT molecular complexity index is 1080. The Morgan fingerprint density at radius 2 is 2.17 bits per heavy atom. The predicted octanol–water partition coefficient (Wildman–Crippen LogP) is 4.24. The average Bonchev–Trinajstić information content (AvgIpc) is 3.47. The summed E-state index contributed by atoms with van der Waals surface area (Å²) in [5, 5.41) is 4.36. The van der Waals surface area contributed by atoms with Gasteiger partial charge in [0.1, 0.15) is 22.7 Å². The van der Waals surface area contributed by atoms with E-state index in [4.69, 9.17) is 4.74 Å². The van der Waals surface area contributed by atoms with Gasteiger partial charge in [-0.3, -0.25) is 4.79 Å². The summed E-state index contributed by atoms with van der Waals surface area (Å²) in [6, 6.07) is 8.35. The van der Waals surface area contributed by atoms with Crippen molar-refractivity contribution in [3.05, 3.63) is 46.6 Å². The zero-order valence-electron chi connectivity index (χ0n) is 16.6. The van der Waals surface area contributed by atoms with Crippen molar-refractivity contribution in [2.24, 2.45) is 5.92 Å². The molecule has 150 valence electrons. The predicted molar refractivity (Wildman–Crippen MR) is 115 cm³/mol. The van der Waals surface area contributed by atoms with Crippen LogP contribution in [-0.2, 0) is 6.54 Å². The van der Waals surface area contributed by atoms with Gasteiger partial charge in [-0.1, -0.05) is 18.2 Å². The molecule has 2 unspecified atom stereocenters. The maximum atomic E-state index is 13.3. The number of methoxy groups -OCH3 is 1. The molecular weight excluding hydrogens is 384 g/mol. The number of aromatic nitrogens is 2. The number of para-hydroxylation sites is 1. The van der Waals surface area contributed by atoms with Crippen molar-refractivity contribution in [2.45, 2.75) is 38.8 Å². The average molecular weight is 409 g/mol. The Kier molecular flexibility index (Phi) is 4.62. The van der Waals surface area contributed by atoms with E-state index in [1.807, 2.05) is 31.2 Å². The number of hydrogen-bond acceptors (Lipinski definition) is 6. The number of anilines is 1. The molecule has 0 radical (unpaired) electrons. The maximum Gasteiger partial charge on any atom is 0.264 e. The highest BCUT2D eigenvalue weighted by atomic mass is 32.1. The lowest BCUT2D eigenvalue weighted by Crippen LogP contribution is -2.37. The van der Waals surface area contributed by atoms with E-state index in [0.717, 1.165) is 50.8 Å². The Labute approximate surface area is 173 Å². The standard InChI is InChI=1S/C22H24N4O2S/c1-13-18-20(23-10-15-5-3-4-6-17(15)28-2)24-12-25-21(18)29-19(13)22(27)26-11-14-7-8-16(26)9-14/h3-6,12,14,16H,7-11H2,1-2H3,(H,23,24,25). The minimum atomic E-state index is 0.161. The molecular formula is C22H24N4O2S. The molecule has 7 heteroatoms. The summed E-state index contributed by atoms with van der Waals surface area (Å²) in [5.41, 5.74) is 2.03. The van der Waals surface area contributed by atoms with Gasteiger partial charge in [0.15, 0.2) is 0 Å². The molecule has 1 aliphatic heterocycles. The fourth-order valence-electron chi connectivity index (χ4n) is 4.74. The van der Waals surface area contributed by atoms with Crippen LogP contribution in [-0.4, -0.2) is 40.5 Å². The number of ether oxygens (including phenoxy) is 1. The highest BCUT2D eigenvalue weighted by Crippen LogP contribution is 2.40. The second-order valence-electron chi connectivity index (χ2n) is 7.91. The number of piperidine rings is 1. The summed E-state index contributed by atoms with van der Waals surface area (Å²) in [4.78, 5) is 25.9. The third kappa shape index (κ3) is 3.13. The lowest BCUT2D eigenvalue weighted by atomic mass is 10.1. The van der Waals surface area contributed by atoms with Crippen molar-refractivity contribution in [3.63, 3.8) is 0 Å². The van der Waals surface area contributed by atoms with E-state index in [9.17, 15) is 4.79 Å². The van der Waals surface area contributed by atoms with Gasteiger partial charge in [-0.15, -0.1) is 11.3 Å².